The van der Waals surface area contributed by atoms with Gasteiger partial charge in [-0.2, -0.15) is 0 Å². The highest BCUT2D eigenvalue weighted by Gasteiger charge is 2.25. The molecular weight excluding hydrogens is 244 g/mol. The molecule has 2 rings (SSSR count). The fourth-order valence-electron chi connectivity index (χ4n) is 3.18. The highest BCUT2D eigenvalue weighted by atomic mass is 19.1. The number of hydrogen-bond acceptors (Lipinski definition) is 1. The molecule has 0 heterocycles. The number of nitrogens with one attached hydrogen (secondary N) is 1. The first kappa shape index (κ1) is 14.4. The van der Waals surface area contributed by atoms with Crippen LogP contribution in [-0.2, 0) is 0 Å². The van der Waals surface area contributed by atoms with E-state index < -0.39 is 11.6 Å². The van der Waals surface area contributed by atoms with Crippen LogP contribution in [0.5, 0.6) is 0 Å². The Morgan fingerprint density at radius 1 is 1.11 bits per heavy atom. The molecule has 1 nitrogen and oxygen atoms in total. The standard InChI is InChI=1S/C16H23F2N/c1-2-19-11-16(12-6-4-3-5-7-12)13-8-14(17)10-15(18)9-13/h8-10,12,16,19H,2-7,11H2,1H3. The predicted molar refractivity (Wildman–Crippen MR) is 74.2 cm³/mol. The molecule has 0 aromatic heterocycles. The number of benzene rings is 1. The van der Waals surface area contributed by atoms with E-state index in [4.69, 9.17) is 0 Å². The highest BCUT2D eigenvalue weighted by Crippen LogP contribution is 2.36. The lowest BCUT2D eigenvalue weighted by Crippen LogP contribution is -2.28. The lowest BCUT2D eigenvalue weighted by molar-refractivity contribution is 0.297. The Bertz CT molecular complexity index is 379. The Morgan fingerprint density at radius 3 is 2.32 bits per heavy atom. The molecule has 19 heavy (non-hydrogen) atoms. The number of hydrogen-bond donors (Lipinski definition) is 1. The van der Waals surface area contributed by atoms with Crippen molar-refractivity contribution in [2.45, 2.75) is 44.9 Å². The summed E-state index contributed by atoms with van der Waals surface area (Å²) in [5.41, 5.74) is 0.811. The Morgan fingerprint density at radius 2 is 1.74 bits per heavy atom. The number of halogens is 2. The van der Waals surface area contributed by atoms with Gasteiger partial charge in [-0.1, -0.05) is 26.2 Å². The van der Waals surface area contributed by atoms with Crippen molar-refractivity contribution in [2.24, 2.45) is 5.92 Å². The molecule has 0 radical (unpaired) electrons. The topological polar surface area (TPSA) is 12.0 Å². The van der Waals surface area contributed by atoms with Gasteiger partial charge in [0.15, 0.2) is 0 Å². The Balaban J connectivity index is 2.19. The zero-order valence-electron chi connectivity index (χ0n) is 11.6. The quantitative estimate of drug-likeness (QED) is 0.841. The summed E-state index contributed by atoms with van der Waals surface area (Å²) in [4.78, 5) is 0. The first-order chi connectivity index (χ1) is 9.20. The van der Waals surface area contributed by atoms with Crippen LogP contribution in [0.1, 0.15) is 50.5 Å². The van der Waals surface area contributed by atoms with Crippen molar-refractivity contribution < 1.29 is 8.78 Å². The van der Waals surface area contributed by atoms with Crippen molar-refractivity contribution in [1.82, 2.24) is 5.32 Å². The zero-order chi connectivity index (χ0) is 13.7. The smallest absolute Gasteiger partial charge is 0.126 e. The molecule has 1 N–H and O–H groups in total. The van der Waals surface area contributed by atoms with Gasteiger partial charge in [-0.15, -0.1) is 0 Å². The maximum atomic E-state index is 13.4. The summed E-state index contributed by atoms with van der Waals surface area (Å²) < 4.78 is 26.8. The van der Waals surface area contributed by atoms with Gasteiger partial charge in [-0.3, -0.25) is 0 Å². The van der Waals surface area contributed by atoms with E-state index in [-0.39, 0.29) is 5.92 Å². The van der Waals surface area contributed by atoms with Gasteiger partial charge >= 0.3 is 0 Å². The summed E-state index contributed by atoms with van der Waals surface area (Å²) in [6.07, 6.45) is 6.13. The van der Waals surface area contributed by atoms with Crippen LogP contribution in [0.2, 0.25) is 0 Å². The monoisotopic (exact) mass is 267 g/mol. The third-order valence-electron chi connectivity index (χ3n) is 4.15. The molecule has 1 unspecified atom stereocenters. The molecule has 1 aromatic rings. The zero-order valence-corrected chi connectivity index (χ0v) is 11.6. The molecule has 1 aliphatic carbocycles. The summed E-state index contributed by atoms with van der Waals surface area (Å²) >= 11 is 0. The van der Waals surface area contributed by atoms with Crippen molar-refractivity contribution in [3.63, 3.8) is 0 Å². The third-order valence-corrected chi connectivity index (χ3v) is 4.15. The van der Waals surface area contributed by atoms with Crippen LogP contribution < -0.4 is 5.32 Å². The SMILES string of the molecule is CCNCC(c1cc(F)cc(F)c1)C1CCCCC1. The number of rotatable bonds is 5. The van der Waals surface area contributed by atoms with Crippen LogP contribution in [0.25, 0.3) is 0 Å². The molecule has 1 aromatic carbocycles. The van der Waals surface area contributed by atoms with Gasteiger partial charge in [-0.25, -0.2) is 8.78 Å². The van der Waals surface area contributed by atoms with Crippen molar-refractivity contribution >= 4 is 0 Å². The Hall–Kier alpha value is -0.960. The Kier molecular flexibility index (Phi) is 5.32. The lowest BCUT2D eigenvalue weighted by atomic mass is 9.76. The summed E-state index contributed by atoms with van der Waals surface area (Å²) in [5.74, 6) is -0.154. The molecule has 1 saturated carbocycles. The van der Waals surface area contributed by atoms with E-state index in [0.717, 1.165) is 24.7 Å². The van der Waals surface area contributed by atoms with E-state index in [1.54, 1.807) is 0 Å². The van der Waals surface area contributed by atoms with Crippen molar-refractivity contribution in [3.8, 4) is 0 Å². The van der Waals surface area contributed by atoms with Gasteiger partial charge in [0, 0.05) is 12.6 Å². The molecular formula is C16H23F2N. The molecule has 1 fully saturated rings. The van der Waals surface area contributed by atoms with Gasteiger partial charge < -0.3 is 5.32 Å². The second kappa shape index (κ2) is 6.99. The minimum atomic E-state index is -0.465. The second-order valence-corrected chi connectivity index (χ2v) is 5.52. The fraction of sp³-hybridized carbons (Fsp3) is 0.625. The van der Waals surface area contributed by atoms with Crippen LogP contribution in [0.15, 0.2) is 18.2 Å². The van der Waals surface area contributed by atoms with Gasteiger partial charge in [0.25, 0.3) is 0 Å². The molecule has 1 aliphatic rings. The van der Waals surface area contributed by atoms with E-state index in [1.165, 1.54) is 44.2 Å². The summed E-state index contributed by atoms with van der Waals surface area (Å²) in [5, 5.41) is 3.34. The fourth-order valence-corrected chi connectivity index (χ4v) is 3.18. The largest absolute Gasteiger partial charge is 0.316 e. The Labute approximate surface area is 114 Å². The van der Waals surface area contributed by atoms with Crippen LogP contribution in [0.3, 0.4) is 0 Å². The first-order valence-corrected chi connectivity index (χ1v) is 7.37. The van der Waals surface area contributed by atoms with Crippen LogP contribution in [0, 0.1) is 17.6 Å². The molecule has 0 spiro atoms. The van der Waals surface area contributed by atoms with E-state index in [9.17, 15) is 8.78 Å². The van der Waals surface area contributed by atoms with E-state index in [0.29, 0.717) is 5.92 Å². The summed E-state index contributed by atoms with van der Waals surface area (Å²) in [6.45, 7) is 3.76. The minimum absolute atomic E-state index is 0.227. The third kappa shape index (κ3) is 4.00. The van der Waals surface area contributed by atoms with E-state index in [2.05, 4.69) is 12.2 Å². The van der Waals surface area contributed by atoms with E-state index in [1.807, 2.05) is 0 Å². The van der Waals surface area contributed by atoms with Crippen LogP contribution in [-0.4, -0.2) is 13.1 Å². The van der Waals surface area contributed by atoms with Gasteiger partial charge in [0.2, 0.25) is 0 Å². The average Bonchev–Trinajstić information content (AvgIpc) is 2.39. The lowest BCUT2D eigenvalue weighted by Gasteiger charge is -2.31. The molecule has 0 saturated heterocycles. The minimum Gasteiger partial charge on any atom is -0.316 e. The van der Waals surface area contributed by atoms with Crippen LogP contribution in [0.4, 0.5) is 8.78 Å². The van der Waals surface area contributed by atoms with Crippen LogP contribution >= 0.6 is 0 Å². The molecule has 0 bridgehead atoms. The molecule has 0 amide bonds. The van der Waals surface area contributed by atoms with Crippen molar-refractivity contribution in [3.05, 3.63) is 35.4 Å². The molecule has 1 atom stereocenters. The average molecular weight is 267 g/mol. The first-order valence-electron chi connectivity index (χ1n) is 7.37. The molecule has 0 aliphatic heterocycles. The number of likely N-dealkylation sites (N-methyl/N-ethyl adjacent to an activating group) is 1. The summed E-state index contributed by atoms with van der Waals surface area (Å²) in [6, 6.07) is 3.95. The molecule has 106 valence electrons. The normalized spacial score (nSPS) is 18.5. The van der Waals surface area contributed by atoms with Gasteiger partial charge in [-0.05, 0) is 48.9 Å². The molecule has 3 heteroatoms. The van der Waals surface area contributed by atoms with Crippen molar-refractivity contribution in [2.75, 3.05) is 13.1 Å². The van der Waals surface area contributed by atoms with Gasteiger partial charge in [0.1, 0.15) is 11.6 Å². The highest BCUT2D eigenvalue weighted by molar-refractivity contribution is 5.23. The second-order valence-electron chi connectivity index (χ2n) is 5.52. The maximum absolute atomic E-state index is 13.4. The van der Waals surface area contributed by atoms with E-state index >= 15 is 0 Å². The van der Waals surface area contributed by atoms with Crippen molar-refractivity contribution in [1.29, 1.82) is 0 Å². The summed E-state index contributed by atoms with van der Waals surface area (Å²) in [7, 11) is 0. The van der Waals surface area contributed by atoms with Gasteiger partial charge in [0.05, 0.1) is 0 Å². The maximum Gasteiger partial charge on any atom is 0.126 e. The predicted octanol–water partition coefficient (Wildman–Crippen LogP) is 4.24.